The van der Waals surface area contributed by atoms with Crippen molar-refractivity contribution < 1.29 is 14.8 Å². The molecular weight excluding hydrogens is 316 g/mol. The topological polar surface area (TPSA) is 78.4 Å². The molecule has 4 saturated carbocycles. The van der Waals surface area contributed by atoms with Crippen molar-refractivity contribution in [2.75, 3.05) is 0 Å². The van der Waals surface area contributed by atoms with Crippen LogP contribution < -0.4 is 10.8 Å². The Morgan fingerprint density at radius 2 is 1.80 bits per heavy atom. The molecule has 2 atom stereocenters. The molecule has 1 aromatic rings. The van der Waals surface area contributed by atoms with Gasteiger partial charge in [-0.3, -0.25) is 14.8 Å². The predicted molar refractivity (Wildman–Crippen MR) is 93.2 cm³/mol. The highest BCUT2D eigenvalue weighted by Crippen LogP contribution is 2.65. The maximum atomic E-state index is 12.9. The van der Waals surface area contributed by atoms with Crippen LogP contribution >= 0.6 is 0 Å². The SMILES string of the molecule is O=C(C=Cc1ccc(CNC(=O)C23CC4CC(CC2C4)C3)cc1)NO. The van der Waals surface area contributed by atoms with E-state index < -0.39 is 5.91 Å². The van der Waals surface area contributed by atoms with E-state index in [2.05, 4.69) is 5.32 Å². The molecule has 0 spiro atoms. The molecule has 1 aromatic carbocycles. The van der Waals surface area contributed by atoms with Gasteiger partial charge >= 0.3 is 0 Å². The predicted octanol–water partition coefficient (Wildman–Crippen LogP) is 2.65. The van der Waals surface area contributed by atoms with Gasteiger partial charge in [0.1, 0.15) is 0 Å². The average molecular weight is 340 g/mol. The van der Waals surface area contributed by atoms with Crippen LogP contribution in [-0.4, -0.2) is 17.0 Å². The van der Waals surface area contributed by atoms with Gasteiger partial charge in [0, 0.05) is 12.6 Å². The first kappa shape index (κ1) is 16.3. The maximum absolute atomic E-state index is 12.9. The molecule has 0 radical (unpaired) electrons. The van der Waals surface area contributed by atoms with E-state index in [9.17, 15) is 9.59 Å². The summed E-state index contributed by atoms with van der Waals surface area (Å²) in [6, 6.07) is 7.69. The van der Waals surface area contributed by atoms with E-state index in [1.54, 1.807) is 11.6 Å². The fourth-order valence-corrected chi connectivity index (χ4v) is 5.48. The third kappa shape index (κ3) is 2.97. The minimum absolute atomic E-state index is 0.0755. The maximum Gasteiger partial charge on any atom is 0.267 e. The molecule has 2 unspecified atom stereocenters. The van der Waals surface area contributed by atoms with Gasteiger partial charge in [-0.05, 0) is 67.1 Å². The zero-order valence-corrected chi connectivity index (χ0v) is 14.2. The second kappa shape index (κ2) is 6.30. The Bertz CT molecular complexity index is 696. The summed E-state index contributed by atoms with van der Waals surface area (Å²) in [4.78, 5) is 23.9. The zero-order chi connectivity index (χ0) is 17.4. The summed E-state index contributed by atoms with van der Waals surface area (Å²) in [7, 11) is 0. The lowest BCUT2D eigenvalue weighted by Gasteiger charge is -2.31. The summed E-state index contributed by atoms with van der Waals surface area (Å²) >= 11 is 0. The van der Waals surface area contributed by atoms with Crippen LogP contribution in [0.15, 0.2) is 30.3 Å². The van der Waals surface area contributed by atoms with E-state index >= 15 is 0 Å². The van der Waals surface area contributed by atoms with Gasteiger partial charge in [-0.25, -0.2) is 5.48 Å². The van der Waals surface area contributed by atoms with Crippen molar-refractivity contribution in [3.8, 4) is 0 Å². The van der Waals surface area contributed by atoms with Crippen LogP contribution in [0.1, 0.15) is 43.2 Å². The van der Waals surface area contributed by atoms with Gasteiger partial charge in [0.05, 0.1) is 5.41 Å². The van der Waals surface area contributed by atoms with Gasteiger partial charge in [-0.2, -0.15) is 0 Å². The first-order valence-corrected chi connectivity index (χ1v) is 9.08. The molecule has 5 nitrogen and oxygen atoms in total. The first-order chi connectivity index (χ1) is 12.1. The van der Waals surface area contributed by atoms with Crippen LogP contribution in [0.3, 0.4) is 0 Å². The Labute approximate surface area is 147 Å². The normalized spacial score (nSPS) is 32.3. The minimum Gasteiger partial charge on any atom is -0.352 e. The quantitative estimate of drug-likeness (QED) is 0.438. The van der Waals surface area contributed by atoms with Crippen molar-refractivity contribution in [1.82, 2.24) is 10.8 Å². The minimum atomic E-state index is -0.559. The highest BCUT2D eigenvalue weighted by molar-refractivity contribution is 5.90. The van der Waals surface area contributed by atoms with Gasteiger partial charge < -0.3 is 5.32 Å². The highest BCUT2D eigenvalue weighted by atomic mass is 16.5. The number of amides is 2. The second-order valence-electron chi connectivity index (χ2n) is 7.93. The number of hydrogen-bond donors (Lipinski definition) is 3. The largest absolute Gasteiger partial charge is 0.352 e. The van der Waals surface area contributed by atoms with Crippen molar-refractivity contribution >= 4 is 17.9 Å². The third-order valence-electron chi connectivity index (χ3n) is 6.41. The van der Waals surface area contributed by atoms with Gasteiger partial charge in [0.15, 0.2) is 0 Å². The van der Waals surface area contributed by atoms with Crippen LogP contribution in [-0.2, 0) is 16.1 Å². The molecule has 5 rings (SSSR count). The summed E-state index contributed by atoms with van der Waals surface area (Å²) < 4.78 is 0. The highest BCUT2D eigenvalue weighted by Gasteiger charge is 2.61. The molecule has 4 aliphatic rings. The third-order valence-corrected chi connectivity index (χ3v) is 6.41. The summed E-state index contributed by atoms with van der Waals surface area (Å²) in [5.74, 6) is 1.87. The van der Waals surface area contributed by atoms with Gasteiger partial charge in [-0.1, -0.05) is 24.3 Å². The van der Waals surface area contributed by atoms with E-state index in [1.807, 2.05) is 24.3 Å². The lowest BCUT2D eigenvalue weighted by atomic mass is 9.75. The van der Waals surface area contributed by atoms with Crippen molar-refractivity contribution in [2.24, 2.45) is 23.2 Å². The average Bonchev–Trinajstić information content (AvgIpc) is 3.03. The Balaban J connectivity index is 1.35. The Kier molecular flexibility index (Phi) is 4.12. The number of hydroxylamine groups is 1. The lowest BCUT2D eigenvalue weighted by molar-refractivity contribution is -0.133. The molecule has 5 heteroatoms. The standard InChI is InChI=1S/C20H24N2O3/c23-18(22-25)6-5-13-1-3-14(4-2-13)12-21-19(24)20-10-15-7-16(11-20)9-17(20)8-15/h1-6,15-17,25H,7-12H2,(H,21,24)(H,22,23). The molecule has 0 aliphatic heterocycles. The van der Waals surface area contributed by atoms with E-state index in [0.717, 1.165) is 35.8 Å². The molecule has 4 aliphatic carbocycles. The Morgan fingerprint density at radius 3 is 2.44 bits per heavy atom. The molecule has 2 amide bonds. The number of carbonyl (C=O) groups is 2. The summed E-state index contributed by atoms with van der Waals surface area (Å²) in [6.45, 7) is 0.545. The van der Waals surface area contributed by atoms with Crippen molar-refractivity contribution in [3.05, 3.63) is 41.5 Å². The molecule has 3 N–H and O–H groups in total. The molecule has 25 heavy (non-hydrogen) atoms. The molecular formula is C20H24N2O3. The molecule has 0 aromatic heterocycles. The molecule has 0 heterocycles. The molecule has 4 bridgehead atoms. The number of hydrogen-bond acceptors (Lipinski definition) is 3. The van der Waals surface area contributed by atoms with E-state index in [-0.39, 0.29) is 11.3 Å². The number of rotatable bonds is 5. The number of benzene rings is 1. The number of carbonyl (C=O) groups excluding carboxylic acids is 2. The van der Waals surface area contributed by atoms with E-state index in [0.29, 0.717) is 12.5 Å². The fourth-order valence-electron chi connectivity index (χ4n) is 5.48. The number of nitrogens with one attached hydrogen (secondary N) is 2. The van der Waals surface area contributed by atoms with E-state index in [1.165, 1.54) is 25.3 Å². The fraction of sp³-hybridized carbons (Fsp3) is 0.500. The monoisotopic (exact) mass is 340 g/mol. The van der Waals surface area contributed by atoms with Gasteiger partial charge in [-0.15, -0.1) is 0 Å². The Morgan fingerprint density at radius 1 is 1.12 bits per heavy atom. The van der Waals surface area contributed by atoms with Gasteiger partial charge in [0.25, 0.3) is 5.91 Å². The van der Waals surface area contributed by atoms with Crippen LogP contribution in [0, 0.1) is 23.2 Å². The first-order valence-electron chi connectivity index (χ1n) is 9.08. The van der Waals surface area contributed by atoms with Crippen molar-refractivity contribution in [3.63, 3.8) is 0 Å². The van der Waals surface area contributed by atoms with Crippen LogP contribution in [0.5, 0.6) is 0 Å². The molecule has 132 valence electrons. The van der Waals surface area contributed by atoms with Gasteiger partial charge in [0.2, 0.25) is 5.91 Å². The molecule has 4 fully saturated rings. The van der Waals surface area contributed by atoms with Crippen LogP contribution in [0.25, 0.3) is 6.08 Å². The van der Waals surface area contributed by atoms with Crippen molar-refractivity contribution in [2.45, 2.75) is 38.6 Å². The van der Waals surface area contributed by atoms with Crippen molar-refractivity contribution in [1.29, 1.82) is 0 Å². The zero-order valence-electron chi connectivity index (χ0n) is 14.2. The van der Waals surface area contributed by atoms with Crippen LogP contribution in [0.4, 0.5) is 0 Å². The second-order valence-corrected chi connectivity index (χ2v) is 7.93. The smallest absolute Gasteiger partial charge is 0.267 e. The lowest BCUT2D eigenvalue weighted by Crippen LogP contribution is -2.41. The van der Waals surface area contributed by atoms with Crippen LogP contribution in [0.2, 0.25) is 0 Å². The summed E-state index contributed by atoms with van der Waals surface area (Å²) in [6.07, 6.45) is 8.93. The Hall–Kier alpha value is -2.14. The molecule has 0 saturated heterocycles. The summed E-state index contributed by atoms with van der Waals surface area (Å²) in [5, 5.41) is 11.6. The summed E-state index contributed by atoms with van der Waals surface area (Å²) in [5.41, 5.74) is 3.39. The van der Waals surface area contributed by atoms with E-state index in [4.69, 9.17) is 5.21 Å².